The van der Waals surface area contributed by atoms with Crippen molar-refractivity contribution in [2.24, 2.45) is 47.2 Å². The van der Waals surface area contributed by atoms with Crippen molar-refractivity contribution in [1.29, 1.82) is 0 Å². The molecule has 2 aliphatic heterocycles. The Bertz CT molecular complexity index is 2010. The molecular weight excluding hydrogens is 965 g/mol. The average molecular weight is 1060 g/mol. The Balaban J connectivity index is 2.33. The number of nitrogens with one attached hydrogen (secondary N) is 4. The Morgan fingerprint density at radius 2 is 1.09 bits per heavy atom. The van der Waals surface area contributed by atoms with E-state index in [1.807, 2.05) is 48.5 Å². The first-order valence-electron chi connectivity index (χ1n) is 27.1. The van der Waals surface area contributed by atoms with Crippen LogP contribution in [-0.2, 0) is 52.7 Å². The fraction of sp³-hybridized carbons (Fsp3) is 0.815. The summed E-state index contributed by atoms with van der Waals surface area (Å²) in [7, 11) is 5.98. The molecule has 75 heavy (non-hydrogen) atoms. The lowest BCUT2D eigenvalue weighted by Gasteiger charge is -2.37. The molecule has 1 unspecified atom stereocenters. The number of ether oxygens (including phenoxy) is 1. The molecule has 2 rings (SSSR count). The highest BCUT2D eigenvalue weighted by Crippen LogP contribution is 2.28. The van der Waals surface area contributed by atoms with Crippen LogP contribution in [0.25, 0.3) is 0 Å². The Morgan fingerprint density at radius 1 is 0.627 bits per heavy atom. The number of nitrogens with zero attached hydrogens (tertiary/aromatic N) is 5. The van der Waals surface area contributed by atoms with Crippen molar-refractivity contribution in [2.75, 3.05) is 41.3 Å². The molecule has 11 atom stereocenters. The summed E-state index contributed by atoms with van der Waals surface area (Å²) in [5, 5.41) is 11.2. The van der Waals surface area contributed by atoms with E-state index in [-0.39, 0.29) is 49.0 Å². The summed E-state index contributed by atoms with van der Waals surface area (Å²) in [5.41, 5.74) is 5.50. The third kappa shape index (κ3) is 17.9. The number of hydrogen-bond acceptors (Lipinski definition) is 11. The van der Waals surface area contributed by atoms with E-state index in [0.717, 1.165) is 0 Å². The normalized spacial score (nSPS) is 20.6. The molecular formula is C54H96N10O11. The van der Waals surface area contributed by atoms with E-state index in [9.17, 15) is 47.9 Å². The first-order valence-corrected chi connectivity index (χ1v) is 27.1. The molecule has 2 fully saturated rings. The molecule has 0 aliphatic carbocycles. The zero-order valence-electron chi connectivity index (χ0n) is 48.8. The number of nitrogens with two attached hydrogens (primary N) is 1. The quantitative estimate of drug-likeness (QED) is 0.0759. The van der Waals surface area contributed by atoms with Crippen LogP contribution in [0.3, 0.4) is 0 Å². The van der Waals surface area contributed by atoms with Gasteiger partial charge in [-0.1, -0.05) is 90.0 Å². The van der Waals surface area contributed by atoms with Crippen molar-refractivity contribution in [1.82, 2.24) is 45.8 Å². The van der Waals surface area contributed by atoms with Gasteiger partial charge < -0.3 is 56.2 Å². The third-order valence-corrected chi connectivity index (χ3v) is 14.8. The molecule has 0 bridgehead atoms. The van der Waals surface area contributed by atoms with E-state index in [2.05, 4.69) is 21.3 Å². The lowest BCUT2D eigenvalue weighted by Crippen LogP contribution is -2.63. The highest BCUT2D eigenvalue weighted by atomic mass is 16.5. The Labute approximate surface area is 447 Å². The second kappa shape index (κ2) is 29.3. The fourth-order valence-electron chi connectivity index (χ4n) is 9.76. The maximum Gasteiger partial charge on any atom is 0.246 e. The highest BCUT2D eigenvalue weighted by Gasteiger charge is 2.47. The van der Waals surface area contributed by atoms with Gasteiger partial charge in [0.05, 0.1) is 12.6 Å². The predicted molar refractivity (Wildman–Crippen MR) is 286 cm³/mol. The molecule has 0 aromatic rings. The van der Waals surface area contributed by atoms with Gasteiger partial charge in [-0.3, -0.25) is 47.9 Å². The number of amides is 10. The lowest BCUT2D eigenvalue weighted by atomic mass is 9.93. The topological polar surface area (TPSA) is 270 Å². The summed E-state index contributed by atoms with van der Waals surface area (Å²) >= 11 is 0. The zero-order chi connectivity index (χ0) is 57.7. The summed E-state index contributed by atoms with van der Waals surface area (Å²) in [6.07, 6.45) is 1.60. The molecule has 0 radical (unpaired) electrons. The minimum atomic E-state index is -1.24. The number of likely N-dealkylation sites (tertiary alicyclic amines) is 1. The van der Waals surface area contributed by atoms with Crippen LogP contribution in [0.15, 0.2) is 0 Å². The molecule has 428 valence electrons. The maximum absolute atomic E-state index is 14.6. The second-order valence-electron chi connectivity index (χ2n) is 23.5. The van der Waals surface area contributed by atoms with Gasteiger partial charge in [-0.05, 0) is 87.4 Å². The van der Waals surface area contributed by atoms with E-state index in [1.54, 1.807) is 55.5 Å². The summed E-state index contributed by atoms with van der Waals surface area (Å²) in [4.78, 5) is 145. The molecule has 0 aromatic carbocycles. The number of rotatable bonds is 28. The van der Waals surface area contributed by atoms with Crippen LogP contribution in [-0.4, -0.2) is 185 Å². The van der Waals surface area contributed by atoms with Gasteiger partial charge >= 0.3 is 0 Å². The third-order valence-electron chi connectivity index (χ3n) is 14.8. The molecule has 2 heterocycles. The van der Waals surface area contributed by atoms with E-state index in [1.165, 1.54) is 52.6 Å². The Hall–Kier alpha value is -5.34. The van der Waals surface area contributed by atoms with Crippen molar-refractivity contribution >= 4 is 59.1 Å². The van der Waals surface area contributed by atoms with Crippen LogP contribution in [0.1, 0.15) is 142 Å². The van der Waals surface area contributed by atoms with Crippen molar-refractivity contribution in [3.63, 3.8) is 0 Å². The minimum Gasteiger partial charge on any atom is -0.375 e. The Morgan fingerprint density at radius 3 is 1.52 bits per heavy atom. The summed E-state index contributed by atoms with van der Waals surface area (Å²) in [5.74, 6) is -6.74. The number of primary amides is 1. The van der Waals surface area contributed by atoms with Crippen LogP contribution in [0.2, 0.25) is 0 Å². The van der Waals surface area contributed by atoms with E-state index >= 15 is 0 Å². The SMILES string of the molecule is CC(C)CCC(=O)N(C)[C@@H](CC(C)C)C(=O)N[C@H](C(=O)N(C)[C@H](C(=O)N[C@H](C(=O)NCC(=O)N(C)[C@@H](CC(C)C)C(=O)N[C@H](C(=O)N(C)[C@H]1CC(C)N([C@@H](C)C(N)=O)C1=O)C(C)C)C(C)C)[C@@H]1OCC[C@H]1C)C(C)C. The molecule has 2 aliphatic rings. The van der Waals surface area contributed by atoms with E-state index in [0.29, 0.717) is 31.8 Å². The van der Waals surface area contributed by atoms with E-state index < -0.39 is 132 Å². The standard InChI is InChI=1S/C54H96N10O11/c1-28(2)20-21-40(65)60(16)37(24-29(3)4)48(68)59-44(33(11)12)54(74)63(19)45(46-34(13)22-23-75-46)51(71)57-42(31(7)8)50(70)56-27-41(66)61(17)38(25-30(5)6)49(69)58-43(32(9)10)53(73)62(18)39-26-35(14)64(52(39)72)36(15)47(55)67/h28-39,42-46H,20-27H2,1-19H3,(H2,55,67)(H,56,70)(H,57,71)(H,58,69)(H,59,68)/t34-,35?,36+,37+,38+,39+,42+,43+,44+,45+,46-/m1/s1. The van der Waals surface area contributed by atoms with Crippen LogP contribution < -0.4 is 27.0 Å². The van der Waals surface area contributed by atoms with Crippen LogP contribution in [0.5, 0.6) is 0 Å². The largest absolute Gasteiger partial charge is 0.375 e. The summed E-state index contributed by atoms with van der Waals surface area (Å²) in [6, 6.07) is -8.66. The zero-order valence-corrected chi connectivity index (χ0v) is 48.8. The van der Waals surface area contributed by atoms with Gasteiger partial charge in [0.15, 0.2) is 0 Å². The van der Waals surface area contributed by atoms with Gasteiger partial charge in [-0.2, -0.15) is 0 Å². The van der Waals surface area contributed by atoms with Gasteiger partial charge in [0.2, 0.25) is 59.1 Å². The van der Waals surface area contributed by atoms with Crippen molar-refractivity contribution in [2.45, 2.75) is 203 Å². The number of hydrogen-bond donors (Lipinski definition) is 5. The minimum absolute atomic E-state index is 0.0514. The predicted octanol–water partition coefficient (Wildman–Crippen LogP) is 2.28. The number of likely N-dealkylation sites (N-methyl/N-ethyl adjacent to an activating group) is 4. The summed E-state index contributed by atoms with van der Waals surface area (Å²) in [6.45, 7) is 27.2. The molecule has 6 N–H and O–H groups in total. The average Bonchev–Trinajstić information content (AvgIpc) is 3.88. The molecule has 2 saturated heterocycles. The molecule has 0 saturated carbocycles. The maximum atomic E-state index is 14.6. The van der Waals surface area contributed by atoms with Crippen LogP contribution in [0, 0.1) is 41.4 Å². The summed E-state index contributed by atoms with van der Waals surface area (Å²) < 4.78 is 6.09. The van der Waals surface area contributed by atoms with Crippen molar-refractivity contribution in [3.8, 4) is 0 Å². The molecule has 10 amide bonds. The molecule has 21 nitrogen and oxygen atoms in total. The van der Waals surface area contributed by atoms with E-state index in [4.69, 9.17) is 10.5 Å². The van der Waals surface area contributed by atoms with Gasteiger partial charge in [0.25, 0.3) is 0 Å². The monoisotopic (exact) mass is 1060 g/mol. The fourth-order valence-corrected chi connectivity index (χ4v) is 9.76. The number of carbonyl (C=O) groups is 10. The van der Waals surface area contributed by atoms with Crippen LogP contribution >= 0.6 is 0 Å². The van der Waals surface area contributed by atoms with Gasteiger partial charge in [0, 0.05) is 47.3 Å². The van der Waals surface area contributed by atoms with Crippen molar-refractivity contribution in [3.05, 3.63) is 0 Å². The van der Waals surface area contributed by atoms with Crippen molar-refractivity contribution < 1.29 is 52.7 Å². The molecule has 0 spiro atoms. The van der Waals surface area contributed by atoms with Crippen LogP contribution in [0.4, 0.5) is 0 Å². The molecule has 21 heteroatoms. The lowest BCUT2D eigenvalue weighted by molar-refractivity contribution is -0.149. The number of carbonyl (C=O) groups excluding carboxylic acids is 10. The highest BCUT2D eigenvalue weighted by molar-refractivity contribution is 5.98. The molecule has 0 aromatic heterocycles. The first kappa shape index (κ1) is 65.8. The van der Waals surface area contributed by atoms with Gasteiger partial charge in [-0.15, -0.1) is 0 Å². The van der Waals surface area contributed by atoms with Gasteiger partial charge in [0.1, 0.15) is 48.3 Å². The Kier molecular flexibility index (Phi) is 25.7. The van der Waals surface area contributed by atoms with Gasteiger partial charge in [-0.25, -0.2) is 0 Å². The first-order chi connectivity index (χ1) is 34.7. The second-order valence-corrected chi connectivity index (χ2v) is 23.5. The smallest absolute Gasteiger partial charge is 0.246 e.